The second-order valence-corrected chi connectivity index (χ2v) is 16.3. The van der Waals surface area contributed by atoms with Crippen LogP contribution < -0.4 is 0 Å². The van der Waals surface area contributed by atoms with Gasteiger partial charge in [-0.25, -0.2) is 0 Å². The first-order valence-corrected chi connectivity index (χ1v) is 13.8. The normalized spacial score (nSPS) is 13.4. The number of allylic oxidation sites excluding steroid dienone is 2. The Balaban J connectivity index is 4.84. The minimum absolute atomic E-state index is 0.00403. The first-order valence-electron chi connectivity index (χ1n) is 7.03. The molecule has 0 aliphatic carbocycles. The average molecular weight is 301 g/mol. The molecule has 0 saturated heterocycles. The molecule has 0 bridgehead atoms. The fourth-order valence-corrected chi connectivity index (χ4v) is 3.19. The van der Waals surface area contributed by atoms with Gasteiger partial charge in [0.1, 0.15) is 0 Å². The minimum Gasteiger partial charge on any atom is -0.417 e. The van der Waals surface area contributed by atoms with E-state index in [0.29, 0.717) is 0 Å². The van der Waals surface area contributed by atoms with Crippen molar-refractivity contribution in [2.75, 3.05) is 13.2 Å². The van der Waals surface area contributed by atoms with Gasteiger partial charge in [0, 0.05) is 18.6 Å². The molecule has 0 N–H and O–H groups in total. The second-order valence-electron chi connectivity index (χ2n) is 7.29. The molecule has 4 heteroatoms. The zero-order chi connectivity index (χ0) is 15.2. The van der Waals surface area contributed by atoms with E-state index in [9.17, 15) is 0 Å². The minimum atomic E-state index is -1.51. The highest BCUT2D eigenvalue weighted by Gasteiger charge is 2.32. The van der Waals surface area contributed by atoms with E-state index in [1.807, 2.05) is 12.2 Å². The highest BCUT2D eigenvalue weighted by Crippen LogP contribution is 2.31. The summed E-state index contributed by atoms with van der Waals surface area (Å²) >= 11 is 0. The number of hydrogen-bond acceptors (Lipinski definition) is 2. The van der Waals surface area contributed by atoms with Crippen LogP contribution in [0.4, 0.5) is 0 Å². The van der Waals surface area contributed by atoms with Crippen LogP contribution in [0.3, 0.4) is 0 Å². The molecule has 0 aromatic heterocycles. The lowest BCUT2D eigenvalue weighted by molar-refractivity contribution is 0.0760. The van der Waals surface area contributed by atoms with Gasteiger partial charge in [0.2, 0.25) is 0 Å². The quantitative estimate of drug-likeness (QED) is 0.425. The molecule has 0 fully saturated rings. The van der Waals surface area contributed by atoms with E-state index in [1.54, 1.807) is 0 Å². The average Bonchev–Trinajstić information content (AvgIpc) is 2.22. The van der Waals surface area contributed by atoms with Crippen molar-refractivity contribution in [1.82, 2.24) is 0 Å². The molecule has 0 aliphatic rings. The van der Waals surface area contributed by atoms with Crippen LogP contribution in [0.5, 0.6) is 0 Å². The van der Waals surface area contributed by atoms with Crippen LogP contribution in [0.25, 0.3) is 0 Å². The Bertz CT molecular complexity index is 258. The largest absolute Gasteiger partial charge is 0.417 e. The Labute approximate surface area is 122 Å². The van der Waals surface area contributed by atoms with Crippen LogP contribution in [0.15, 0.2) is 25.3 Å². The molecule has 0 heterocycles. The van der Waals surface area contributed by atoms with Crippen molar-refractivity contribution in [3.8, 4) is 0 Å². The molecule has 0 amide bonds. The van der Waals surface area contributed by atoms with Gasteiger partial charge in [-0.3, -0.25) is 0 Å². The molecular formula is C15H32O2Si2. The van der Waals surface area contributed by atoms with Crippen molar-refractivity contribution in [3.63, 3.8) is 0 Å². The van der Waals surface area contributed by atoms with E-state index in [0.717, 1.165) is 26.1 Å². The molecule has 0 rings (SSSR count). The third kappa shape index (κ3) is 9.38. The van der Waals surface area contributed by atoms with Gasteiger partial charge in [-0.05, 0) is 52.1 Å². The Kier molecular flexibility index (Phi) is 7.51. The Morgan fingerprint density at radius 3 is 1.32 bits per heavy atom. The van der Waals surface area contributed by atoms with Gasteiger partial charge in [-0.15, -0.1) is 13.2 Å². The van der Waals surface area contributed by atoms with E-state index < -0.39 is 16.6 Å². The van der Waals surface area contributed by atoms with E-state index in [2.05, 4.69) is 52.4 Å². The van der Waals surface area contributed by atoms with Crippen molar-refractivity contribution in [3.05, 3.63) is 25.3 Å². The van der Waals surface area contributed by atoms with Crippen molar-refractivity contribution in [2.45, 2.75) is 52.1 Å². The maximum absolute atomic E-state index is 6.14. The first-order chi connectivity index (χ1) is 8.54. The summed E-state index contributed by atoms with van der Waals surface area (Å²) in [5.41, 5.74) is 0.00403. The number of hydrogen-bond donors (Lipinski definition) is 0. The topological polar surface area (TPSA) is 18.5 Å². The lowest BCUT2D eigenvalue weighted by atomic mass is 9.83. The Hall–Kier alpha value is -0.166. The molecule has 0 saturated carbocycles. The van der Waals surface area contributed by atoms with Crippen molar-refractivity contribution in [2.24, 2.45) is 5.41 Å². The monoisotopic (exact) mass is 300 g/mol. The summed E-state index contributed by atoms with van der Waals surface area (Å²) in [6.45, 7) is 22.6. The fourth-order valence-electron chi connectivity index (χ4n) is 1.71. The molecule has 0 radical (unpaired) electrons. The van der Waals surface area contributed by atoms with E-state index >= 15 is 0 Å². The molecule has 2 nitrogen and oxygen atoms in total. The Morgan fingerprint density at radius 1 is 0.789 bits per heavy atom. The fraction of sp³-hybridized carbons (Fsp3) is 0.733. The SMILES string of the molecule is C=CCC(CC=C)(CO[Si](C)(C)C)CO[Si](C)(C)C. The summed E-state index contributed by atoms with van der Waals surface area (Å²) in [6.07, 6.45) is 5.78. The standard InChI is InChI=1S/C15H32O2Si2/c1-9-11-15(12-10-2,13-16-18(3,4)5)14-17-19(6,7)8/h9-10H,1-2,11-14H2,3-8H3. The van der Waals surface area contributed by atoms with Gasteiger partial charge >= 0.3 is 0 Å². The van der Waals surface area contributed by atoms with Crippen molar-refractivity contribution < 1.29 is 8.85 Å². The molecule has 19 heavy (non-hydrogen) atoms. The van der Waals surface area contributed by atoms with Gasteiger partial charge in [-0.1, -0.05) is 12.2 Å². The van der Waals surface area contributed by atoms with Crippen molar-refractivity contribution in [1.29, 1.82) is 0 Å². The summed E-state index contributed by atoms with van der Waals surface area (Å²) in [7, 11) is -3.03. The molecule has 112 valence electrons. The van der Waals surface area contributed by atoms with Gasteiger partial charge in [0.15, 0.2) is 16.6 Å². The summed E-state index contributed by atoms with van der Waals surface area (Å²) in [5.74, 6) is 0. The second kappa shape index (κ2) is 7.57. The van der Waals surface area contributed by atoms with Crippen LogP contribution in [-0.4, -0.2) is 29.8 Å². The molecular weight excluding hydrogens is 268 g/mol. The summed E-state index contributed by atoms with van der Waals surface area (Å²) in [5, 5.41) is 0. The van der Waals surface area contributed by atoms with Crippen LogP contribution in [-0.2, 0) is 8.85 Å². The predicted octanol–water partition coefficient (Wildman–Crippen LogP) is 4.83. The first kappa shape index (κ1) is 18.8. The van der Waals surface area contributed by atoms with Crippen LogP contribution in [0, 0.1) is 5.41 Å². The van der Waals surface area contributed by atoms with E-state index in [-0.39, 0.29) is 5.41 Å². The van der Waals surface area contributed by atoms with Crippen LogP contribution in [0.2, 0.25) is 39.3 Å². The zero-order valence-corrected chi connectivity index (χ0v) is 15.7. The highest BCUT2D eigenvalue weighted by molar-refractivity contribution is 6.70. The van der Waals surface area contributed by atoms with Gasteiger partial charge in [0.05, 0.1) is 0 Å². The van der Waals surface area contributed by atoms with Gasteiger partial charge in [0.25, 0.3) is 0 Å². The lowest BCUT2D eigenvalue weighted by Crippen LogP contribution is -2.40. The summed E-state index contributed by atoms with van der Waals surface area (Å²) in [6, 6.07) is 0. The number of rotatable bonds is 10. The maximum Gasteiger partial charge on any atom is 0.183 e. The third-order valence-corrected chi connectivity index (χ3v) is 4.80. The van der Waals surface area contributed by atoms with Crippen molar-refractivity contribution >= 4 is 16.6 Å². The maximum atomic E-state index is 6.14. The lowest BCUT2D eigenvalue weighted by Gasteiger charge is -2.36. The smallest absolute Gasteiger partial charge is 0.183 e. The predicted molar refractivity (Wildman–Crippen MR) is 90.7 cm³/mol. The summed E-state index contributed by atoms with van der Waals surface area (Å²) < 4.78 is 12.3. The van der Waals surface area contributed by atoms with E-state index in [4.69, 9.17) is 8.85 Å². The molecule has 0 aromatic carbocycles. The third-order valence-electron chi connectivity index (χ3n) is 2.78. The Morgan fingerprint density at radius 2 is 1.11 bits per heavy atom. The van der Waals surface area contributed by atoms with Gasteiger partial charge in [-0.2, -0.15) is 0 Å². The van der Waals surface area contributed by atoms with E-state index in [1.165, 1.54) is 0 Å². The van der Waals surface area contributed by atoms with Gasteiger partial charge < -0.3 is 8.85 Å². The zero-order valence-electron chi connectivity index (χ0n) is 13.7. The molecule has 0 atom stereocenters. The molecule has 0 spiro atoms. The highest BCUT2D eigenvalue weighted by atomic mass is 28.4. The van der Waals surface area contributed by atoms with Crippen LogP contribution in [0.1, 0.15) is 12.8 Å². The molecule has 0 aliphatic heterocycles. The molecule has 0 unspecified atom stereocenters. The summed E-state index contributed by atoms with van der Waals surface area (Å²) in [4.78, 5) is 0. The van der Waals surface area contributed by atoms with Crippen LogP contribution >= 0.6 is 0 Å². The molecule has 0 aromatic rings.